The zero-order chi connectivity index (χ0) is 14.9. The zero-order valence-electron chi connectivity index (χ0n) is 11.8. The summed E-state index contributed by atoms with van der Waals surface area (Å²) in [6, 6.07) is 4.45. The van der Waals surface area contributed by atoms with Crippen LogP contribution in [-0.4, -0.2) is 65.3 Å². The second-order valence-corrected chi connectivity index (χ2v) is 5.54. The number of hydrogen-bond acceptors (Lipinski definition) is 5. The molecular weight excluding hydrogens is 258 g/mol. The van der Waals surface area contributed by atoms with Crippen LogP contribution in [0, 0.1) is 0 Å². The fraction of sp³-hybridized carbons (Fsp3) is 0.500. The number of carbonyl (C=O) groups is 1. The van der Waals surface area contributed by atoms with Crippen LogP contribution in [-0.2, 0) is 0 Å². The van der Waals surface area contributed by atoms with Crippen LogP contribution in [0.25, 0.3) is 0 Å². The van der Waals surface area contributed by atoms with Gasteiger partial charge in [-0.1, -0.05) is 0 Å². The Balaban J connectivity index is 2.19. The average molecular weight is 279 g/mol. The summed E-state index contributed by atoms with van der Waals surface area (Å²) in [6.45, 7) is 1.02. The highest BCUT2D eigenvalue weighted by atomic mass is 16.3. The number of phenolic OH excluding ortho intramolecular Hbond substituents is 1. The van der Waals surface area contributed by atoms with E-state index in [2.05, 4.69) is 0 Å². The van der Waals surface area contributed by atoms with Crippen molar-refractivity contribution in [2.24, 2.45) is 0 Å². The summed E-state index contributed by atoms with van der Waals surface area (Å²) < 4.78 is 0. The molecular formula is C14H21N3O3. The summed E-state index contributed by atoms with van der Waals surface area (Å²) in [5, 5.41) is 19.4. The standard InChI is InChI=1S/C14H21N3O3/c1-16(2)7-10-6-11(18)8-17(10)14(20)9-3-4-12(15)13(19)5-9/h3-5,10-11,18-19H,6-8,15H2,1-2H3. The van der Waals surface area contributed by atoms with Gasteiger partial charge in [0.2, 0.25) is 0 Å². The number of amides is 1. The SMILES string of the molecule is CN(C)CC1CC(O)CN1C(=O)c1ccc(N)c(O)c1. The topological polar surface area (TPSA) is 90.0 Å². The molecule has 1 aromatic rings. The molecule has 4 N–H and O–H groups in total. The number of anilines is 1. The number of likely N-dealkylation sites (N-methyl/N-ethyl adjacent to an activating group) is 1. The second-order valence-electron chi connectivity index (χ2n) is 5.54. The third-order valence-electron chi connectivity index (χ3n) is 3.51. The predicted octanol–water partition coefficient (Wildman–Crippen LogP) is 0.111. The zero-order valence-corrected chi connectivity index (χ0v) is 11.8. The van der Waals surface area contributed by atoms with E-state index >= 15 is 0 Å². The number of hydrogen-bond donors (Lipinski definition) is 3. The molecule has 6 heteroatoms. The van der Waals surface area contributed by atoms with Crippen molar-refractivity contribution in [2.45, 2.75) is 18.6 Å². The lowest BCUT2D eigenvalue weighted by atomic mass is 10.1. The van der Waals surface area contributed by atoms with Gasteiger partial charge in [0, 0.05) is 24.7 Å². The van der Waals surface area contributed by atoms with Crippen molar-refractivity contribution < 1.29 is 15.0 Å². The van der Waals surface area contributed by atoms with Crippen LogP contribution in [0.5, 0.6) is 5.75 Å². The number of rotatable bonds is 3. The first-order valence-corrected chi connectivity index (χ1v) is 6.60. The van der Waals surface area contributed by atoms with Crippen molar-refractivity contribution in [3.8, 4) is 5.75 Å². The Morgan fingerprint density at radius 2 is 2.20 bits per heavy atom. The first kappa shape index (κ1) is 14.6. The van der Waals surface area contributed by atoms with E-state index in [4.69, 9.17) is 5.73 Å². The van der Waals surface area contributed by atoms with Crippen molar-refractivity contribution in [3.63, 3.8) is 0 Å². The van der Waals surface area contributed by atoms with Gasteiger partial charge in [0.25, 0.3) is 5.91 Å². The molecule has 1 fully saturated rings. The normalized spacial score (nSPS) is 22.5. The van der Waals surface area contributed by atoms with Gasteiger partial charge in [-0.05, 0) is 38.7 Å². The second kappa shape index (κ2) is 5.68. The molecule has 2 atom stereocenters. The molecule has 1 aliphatic heterocycles. The van der Waals surface area contributed by atoms with Crippen molar-refractivity contribution in [1.82, 2.24) is 9.80 Å². The third kappa shape index (κ3) is 3.02. The summed E-state index contributed by atoms with van der Waals surface area (Å²) in [7, 11) is 3.87. The Morgan fingerprint density at radius 3 is 2.80 bits per heavy atom. The fourth-order valence-electron chi connectivity index (χ4n) is 2.58. The fourth-order valence-corrected chi connectivity index (χ4v) is 2.58. The summed E-state index contributed by atoms with van der Waals surface area (Å²) in [5.41, 5.74) is 6.16. The molecule has 0 bridgehead atoms. The van der Waals surface area contributed by atoms with E-state index in [0.29, 0.717) is 25.1 Å². The monoisotopic (exact) mass is 279 g/mol. The van der Waals surface area contributed by atoms with E-state index in [1.165, 1.54) is 12.1 Å². The Hall–Kier alpha value is -1.79. The quantitative estimate of drug-likeness (QED) is 0.540. The number of aliphatic hydroxyl groups excluding tert-OH is 1. The molecule has 1 saturated heterocycles. The summed E-state index contributed by atoms with van der Waals surface area (Å²) in [4.78, 5) is 16.1. The van der Waals surface area contributed by atoms with Gasteiger partial charge in [0.15, 0.2) is 0 Å². The van der Waals surface area contributed by atoms with Crippen LogP contribution in [0.15, 0.2) is 18.2 Å². The molecule has 6 nitrogen and oxygen atoms in total. The minimum atomic E-state index is -0.494. The van der Waals surface area contributed by atoms with Gasteiger partial charge in [0.1, 0.15) is 5.75 Å². The van der Waals surface area contributed by atoms with Gasteiger partial charge < -0.3 is 25.7 Å². The lowest BCUT2D eigenvalue weighted by Crippen LogP contribution is -2.41. The first-order valence-electron chi connectivity index (χ1n) is 6.60. The number of nitrogen functional groups attached to an aromatic ring is 1. The number of carbonyl (C=O) groups excluding carboxylic acids is 1. The van der Waals surface area contributed by atoms with E-state index in [9.17, 15) is 15.0 Å². The maximum atomic E-state index is 12.5. The van der Waals surface area contributed by atoms with Crippen LogP contribution in [0.2, 0.25) is 0 Å². The van der Waals surface area contributed by atoms with E-state index in [1.807, 2.05) is 19.0 Å². The largest absolute Gasteiger partial charge is 0.506 e. The lowest BCUT2D eigenvalue weighted by molar-refractivity contribution is 0.0699. The van der Waals surface area contributed by atoms with Crippen LogP contribution in [0.1, 0.15) is 16.8 Å². The number of benzene rings is 1. The molecule has 0 spiro atoms. The van der Waals surface area contributed by atoms with Crippen LogP contribution < -0.4 is 5.73 Å². The summed E-state index contributed by atoms with van der Waals surface area (Å²) in [5.74, 6) is -0.288. The highest BCUT2D eigenvalue weighted by Gasteiger charge is 2.35. The maximum Gasteiger partial charge on any atom is 0.254 e. The number of aromatic hydroxyl groups is 1. The molecule has 0 aromatic heterocycles. The number of phenols is 1. The highest BCUT2D eigenvalue weighted by Crippen LogP contribution is 2.25. The molecule has 1 heterocycles. The molecule has 1 aromatic carbocycles. The van der Waals surface area contributed by atoms with Gasteiger partial charge in [-0.15, -0.1) is 0 Å². The van der Waals surface area contributed by atoms with Gasteiger partial charge in [-0.3, -0.25) is 4.79 Å². The Kier molecular flexibility index (Phi) is 4.15. The number of nitrogens with two attached hydrogens (primary N) is 1. The van der Waals surface area contributed by atoms with Crippen molar-refractivity contribution in [2.75, 3.05) is 32.9 Å². The van der Waals surface area contributed by atoms with E-state index in [-0.39, 0.29) is 23.4 Å². The van der Waals surface area contributed by atoms with E-state index in [1.54, 1.807) is 11.0 Å². The Morgan fingerprint density at radius 1 is 1.50 bits per heavy atom. The molecule has 0 saturated carbocycles. The molecule has 1 aliphatic rings. The Bertz CT molecular complexity index is 504. The molecule has 0 radical (unpaired) electrons. The van der Waals surface area contributed by atoms with Gasteiger partial charge in [-0.2, -0.15) is 0 Å². The van der Waals surface area contributed by atoms with Crippen LogP contribution in [0.4, 0.5) is 5.69 Å². The van der Waals surface area contributed by atoms with Crippen molar-refractivity contribution >= 4 is 11.6 Å². The van der Waals surface area contributed by atoms with Crippen LogP contribution >= 0.6 is 0 Å². The molecule has 0 aliphatic carbocycles. The molecule has 110 valence electrons. The van der Waals surface area contributed by atoms with E-state index in [0.717, 1.165) is 0 Å². The van der Waals surface area contributed by atoms with E-state index < -0.39 is 6.10 Å². The average Bonchev–Trinajstić information content (AvgIpc) is 2.72. The van der Waals surface area contributed by atoms with Gasteiger partial charge in [-0.25, -0.2) is 0 Å². The summed E-state index contributed by atoms with van der Waals surface area (Å²) in [6.07, 6.45) is 0.0801. The smallest absolute Gasteiger partial charge is 0.254 e. The molecule has 1 amide bonds. The first-order chi connectivity index (χ1) is 9.38. The lowest BCUT2D eigenvalue weighted by Gasteiger charge is -2.27. The molecule has 2 rings (SSSR count). The Labute approximate surface area is 118 Å². The minimum Gasteiger partial charge on any atom is -0.506 e. The predicted molar refractivity (Wildman–Crippen MR) is 76.5 cm³/mol. The van der Waals surface area contributed by atoms with Gasteiger partial charge in [0.05, 0.1) is 11.8 Å². The van der Waals surface area contributed by atoms with Crippen molar-refractivity contribution in [1.29, 1.82) is 0 Å². The molecule has 20 heavy (non-hydrogen) atoms. The highest BCUT2D eigenvalue weighted by molar-refractivity contribution is 5.95. The number of likely N-dealkylation sites (tertiary alicyclic amines) is 1. The third-order valence-corrected chi connectivity index (χ3v) is 3.51. The number of aliphatic hydroxyl groups is 1. The number of β-amino-alcohol motifs (C(OH)–C–C–N with tert-alkyl or cyclic N) is 1. The van der Waals surface area contributed by atoms with Crippen molar-refractivity contribution in [3.05, 3.63) is 23.8 Å². The molecule has 2 unspecified atom stereocenters. The van der Waals surface area contributed by atoms with Gasteiger partial charge >= 0.3 is 0 Å². The maximum absolute atomic E-state index is 12.5. The van der Waals surface area contributed by atoms with Crippen LogP contribution in [0.3, 0.4) is 0 Å². The summed E-state index contributed by atoms with van der Waals surface area (Å²) >= 11 is 0. The number of nitrogens with zero attached hydrogens (tertiary/aromatic N) is 2. The minimum absolute atomic E-state index is 0.0211.